The van der Waals surface area contributed by atoms with Crippen LogP contribution in [-0.4, -0.2) is 76.4 Å². The molecule has 0 radical (unpaired) electrons. The average Bonchev–Trinajstić information content (AvgIpc) is 3.37. The third-order valence-corrected chi connectivity index (χ3v) is 7.13. The van der Waals surface area contributed by atoms with Crippen molar-refractivity contribution >= 4 is 34.3 Å². The molecule has 4 aromatic rings. The summed E-state index contributed by atoms with van der Waals surface area (Å²) in [5.74, 6) is -3.01. The first-order valence-corrected chi connectivity index (χ1v) is 13.4. The van der Waals surface area contributed by atoms with Gasteiger partial charge in [0, 0.05) is 54.7 Å². The number of halogens is 3. The van der Waals surface area contributed by atoms with E-state index < -0.39 is 12.1 Å². The maximum Gasteiger partial charge on any atom is 0.490 e. The van der Waals surface area contributed by atoms with E-state index in [1.54, 1.807) is 6.20 Å². The number of aromatic amines is 1. The Morgan fingerprint density at radius 2 is 1.70 bits per heavy atom. The van der Waals surface area contributed by atoms with E-state index in [2.05, 4.69) is 69.0 Å². The normalized spacial score (nSPS) is 13.8. The molecule has 226 valence electrons. The molecule has 0 saturated carbocycles. The van der Waals surface area contributed by atoms with Crippen molar-refractivity contribution in [2.45, 2.75) is 19.7 Å². The molecule has 9 nitrogen and oxygen atoms in total. The minimum atomic E-state index is -5.08. The highest BCUT2D eigenvalue weighted by Gasteiger charge is 2.38. The summed E-state index contributed by atoms with van der Waals surface area (Å²) in [5, 5.41) is 20.7. The molecule has 1 saturated heterocycles. The molecule has 2 aromatic carbocycles. The molecule has 1 amide bonds. The molecule has 3 heterocycles. The van der Waals surface area contributed by atoms with Crippen molar-refractivity contribution in [2.75, 3.05) is 43.4 Å². The SMILES string of the molecule is C=CC(=O)Nc1cc(-c2c(-c3ccc(N4CCN(C)CC4)cc3)[nH]c3ncc(CO)cc23)ccc1C.O=C(O)C(F)(F)F. The lowest BCUT2D eigenvalue weighted by atomic mass is 9.96. The van der Waals surface area contributed by atoms with Crippen LogP contribution >= 0.6 is 0 Å². The molecule has 5 rings (SSSR count). The predicted molar refractivity (Wildman–Crippen MR) is 160 cm³/mol. The number of carbonyl (C=O) groups excluding carboxylic acids is 1. The van der Waals surface area contributed by atoms with Crippen molar-refractivity contribution in [3.63, 3.8) is 0 Å². The van der Waals surface area contributed by atoms with Gasteiger partial charge >= 0.3 is 12.1 Å². The Hall–Kier alpha value is -4.68. The molecular weight excluding hydrogens is 563 g/mol. The van der Waals surface area contributed by atoms with Gasteiger partial charge < -0.3 is 30.3 Å². The van der Waals surface area contributed by atoms with Crippen LogP contribution in [0.4, 0.5) is 24.5 Å². The maximum absolute atomic E-state index is 12.0. The second-order valence-corrected chi connectivity index (χ2v) is 10.1. The number of alkyl halides is 3. The van der Waals surface area contributed by atoms with Crippen LogP contribution < -0.4 is 10.2 Å². The number of piperazine rings is 1. The van der Waals surface area contributed by atoms with E-state index in [0.29, 0.717) is 0 Å². The summed E-state index contributed by atoms with van der Waals surface area (Å²) in [4.78, 5) is 33.8. The van der Waals surface area contributed by atoms with E-state index >= 15 is 0 Å². The largest absolute Gasteiger partial charge is 0.490 e. The predicted octanol–water partition coefficient (Wildman–Crippen LogP) is 5.21. The number of benzene rings is 2. The number of aliphatic hydroxyl groups is 1. The fourth-order valence-corrected chi connectivity index (χ4v) is 4.72. The molecule has 2 aromatic heterocycles. The van der Waals surface area contributed by atoms with Crippen LogP contribution in [0.25, 0.3) is 33.4 Å². The van der Waals surface area contributed by atoms with E-state index in [4.69, 9.17) is 9.90 Å². The number of H-pyrrole nitrogens is 1. The van der Waals surface area contributed by atoms with Gasteiger partial charge in [0.15, 0.2) is 0 Å². The van der Waals surface area contributed by atoms with Gasteiger partial charge in [0.1, 0.15) is 5.65 Å². The molecule has 43 heavy (non-hydrogen) atoms. The lowest BCUT2D eigenvalue weighted by molar-refractivity contribution is -0.192. The van der Waals surface area contributed by atoms with Gasteiger partial charge in [-0.15, -0.1) is 0 Å². The molecule has 1 aliphatic rings. The minimum absolute atomic E-state index is 0.0862. The van der Waals surface area contributed by atoms with E-state index in [9.17, 15) is 23.1 Å². The molecule has 1 fully saturated rings. The second kappa shape index (κ2) is 13.1. The maximum atomic E-state index is 12.0. The molecule has 0 bridgehead atoms. The number of aliphatic hydroxyl groups excluding tert-OH is 1. The minimum Gasteiger partial charge on any atom is -0.475 e. The van der Waals surface area contributed by atoms with Crippen LogP contribution in [0.1, 0.15) is 11.1 Å². The monoisotopic (exact) mass is 595 g/mol. The van der Waals surface area contributed by atoms with E-state index in [1.807, 2.05) is 25.1 Å². The number of pyridine rings is 1. The van der Waals surface area contributed by atoms with Gasteiger partial charge in [-0.25, -0.2) is 9.78 Å². The number of hydrogen-bond donors (Lipinski definition) is 4. The smallest absolute Gasteiger partial charge is 0.475 e. The summed E-state index contributed by atoms with van der Waals surface area (Å²) in [6, 6.07) is 16.6. The number of nitrogens with one attached hydrogen (secondary N) is 2. The summed E-state index contributed by atoms with van der Waals surface area (Å²) >= 11 is 0. The Labute approximate surface area is 246 Å². The molecule has 1 aliphatic heterocycles. The van der Waals surface area contributed by atoms with Crippen LogP contribution in [0.5, 0.6) is 0 Å². The zero-order chi connectivity index (χ0) is 31.3. The number of anilines is 2. The number of rotatable bonds is 6. The molecule has 4 N–H and O–H groups in total. The third kappa shape index (κ3) is 7.40. The summed E-state index contributed by atoms with van der Waals surface area (Å²) in [5.41, 5.74) is 8.32. The summed E-state index contributed by atoms with van der Waals surface area (Å²) in [7, 11) is 2.16. The molecule has 12 heteroatoms. The number of carboxylic acid groups (broad SMARTS) is 1. The van der Waals surface area contributed by atoms with Crippen molar-refractivity contribution in [1.29, 1.82) is 0 Å². The van der Waals surface area contributed by atoms with E-state index in [0.717, 1.165) is 76.4 Å². The number of amides is 1. The Bertz CT molecular complexity index is 1630. The first kappa shape index (κ1) is 31.3. The fraction of sp³-hybridized carbons (Fsp3) is 0.258. The van der Waals surface area contributed by atoms with Crippen LogP contribution in [0, 0.1) is 6.92 Å². The lowest BCUT2D eigenvalue weighted by Crippen LogP contribution is -2.44. The second-order valence-electron chi connectivity index (χ2n) is 10.1. The summed E-state index contributed by atoms with van der Waals surface area (Å²) in [6.07, 6.45) is -2.13. The highest BCUT2D eigenvalue weighted by Crippen LogP contribution is 2.40. The quantitative estimate of drug-likeness (QED) is 0.226. The number of aromatic nitrogens is 2. The van der Waals surface area contributed by atoms with E-state index in [1.165, 1.54) is 11.8 Å². The third-order valence-electron chi connectivity index (χ3n) is 7.13. The van der Waals surface area contributed by atoms with Gasteiger partial charge in [-0.3, -0.25) is 4.79 Å². The fourth-order valence-electron chi connectivity index (χ4n) is 4.72. The van der Waals surface area contributed by atoms with Gasteiger partial charge in [-0.1, -0.05) is 30.8 Å². The van der Waals surface area contributed by atoms with Gasteiger partial charge in [0.05, 0.1) is 12.3 Å². The Kier molecular flexibility index (Phi) is 9.52. The molecule has 0 atom stereocenters. The van der Waals surface area contributed by atoms with Crippen molar-refractivity contribution in [3.05, 3.63) is 78.5 Å². The van der Waals surface area contributed by atoms with Crippen molar-refractivity contribution in [1.82, 2.24) is 14.9 Å². The molecule has 0 spiro atoms. The molecule has 0 unspecified atom stereocenters. The molecule has 0 aliphatic carbocycles. The summed E-state index contributed by atoms with van der Waals surface area (Å²) < 4.78 is 31.7. The van der Waals surface area contributed by atoms with Crippen LogP contribution in [0.15, 0.2) is 67.4 Å². The molecular formula is C31H32F3N5O4. The van der Waals surface area contributed by atoms with Crippen molar-refractivity contribution in [3.8, 4) is 22.4 Å². The van der Waals surface area contributed by atoms with Gasteiger partial charge in [-0.2, -0.15) is 13.2 Å². The van der Waals surface area contributed by atoms with Crippen LogP contribution in [0.2, 0.25) is 0 Å². The number of aryl methyl sites for hydroxylation is 1. The topological polar surface area (TPSA) is 122 Å². The number of hydrogen-bond acceptors (Lipinski definition) is 6. The Balaban J connectivity index is 0.000000541. The standard InChI is InChI=1S/C29H31N5O2.C2HF3O2/c1-4-26(36)31-25-16-22(6-5-19(25)2)27-24-15-20(18-35)17-30-29(24)32-28(27)21-7-9-23(10-8-21)34-13-11-33(3)12-14-34;3-2(4,5)1(6)7/h4-10,15-17,35H,1,11-14,18H2,2-3H3,(H,30,32)(H,31,36);(H,6,7). The number of likely N-dealkylation sites (N-methyl/N-ethyl adjacent to an activating group) is 1. The van der Waals surface area contributed by atoms with Gasteiger partial charge in [-0.05, 0) is 66.6 Å². The number of nitrogens with zero attached hydrogens (tertiary/aromatic N) is 3. The number of carbonyl (C=O) groups is 2. The first-order chi connectivity index (χ1) is 20.4. The van der Waals surface area contributed by atoms with Crippen molar-refractivity contribution in [2.24, 2.45) is 0 Å². The first-order valence-electron chi connectivity index (χ1n) is 13.4. The Morgan fingerprint density at radius 1 is 1.07 bits per heavy atom. The number of aliphatic carboxylic acids is 1. The highest BCUT2D eigenvalue weighted by atomic mass is 19.4. The van der Waals surface area contributed by atoms with Crippen LogP contribution in [-0.2, 0) is 16.2 Å². The lowest BCUT2D eigenvalue weighted by Gasteiger charge is -2.34. The zero-order valence-corrected chi connectivity index (χ0v) is 23.7. The number of carboxylic acids is 1. The van der Waals surface area contributed by atoms with Crippen molar-refractivity contribution < 1.29 is 33.0 Å². The highest BCUT2D eigenvalue weighted by molar-refractivity contribution is 6.04. The van der Waals surface area contributed by atoms with Gasteiger partial charge in [0.25, 0.3) is 0 Å². The van der Waals surface area contributed by atoms with Crippen LogP contribution in [0.3, 0.4) is 0 Å². The van der Waals surface area contributed by atoms with E-state index in [-0.39, 0.29) is 12.5 Å². The summed E-state index contributed by atoms with van der Waals surface area (Å²) in [6.45, 7) is 9.59. The zero-order valence-electron chi connectivity index (χ0n) is 23.7. The Morgan fingerprint density at radius 3 is 2.28 bits per heavy atom. The average molecular weight is 596 g/mol. The number of fused-ring (bicyclic) bond motifs is 1. The van der Waals surface area contributed by atoms with Gasteiger partial charge in [0.2, 0.25) is 5.91 Å².